The molecular formula is C12H16BrNO. The predicted molar refractivity (Wildman–Crippen MR) is 66.1 cm³/mol. The average Bonchev–Trinajstić information content (AvgIpc) is 2.60. The van der Waals surface area contributed by atoms with Gasteiger partial charge in [-0.2, -0.15) is 0 Å². The summed E-state index contributed by atoms with van der Waals surface area (Å²) in [4.78, 5) is 0. The first-order valence-corrected chi connectivity index (χ1v) is 6.17. The summed E-state index contributed by atoms with van der Waals surface area (Å²) < 4.78 is 1.11. The monoisotopic (exact) mass is 269 g/mol. The average molecular weight is 270 g/mol. The Balaban J connectivity index is 2.13. The Kier molecular flexibility index (Phi) is 3.32. The normalized spacial score (nSPS) is 25.5. The second-order valence-corrected chi connectivity index (χ2v) is 5.02. The standard InChI is InChI=1S/C12H16BrNO/c1-8-9(13)4-2-5-10(8)14-11-6-3-7-12(11)15/h2,4-5,11-12,14-15H,3,6-7H2,1H3/t11-,12-/m1/s1. The van der Waals surface area contributed by atoms with E-state index in [4.69, 9.17) is 0 Å². The summed E-state index contributed by atoms with van der Waals surface area (Å²) in [5.41, 5.74) is 2.33. The molecule has 0 spiro atoms. The quantitative estimate of drug-likeness (QED) is 0.865. The summed E-state index contributed by atoms with van der Waals surface area (Å²) in [6.07, 6.45) is 2.91. The molecule has 2 N–H and O–H groups in total. The number of nitrogens with one attached hydrogen (secondary N) is 1. The summed E-state index contributed by atoms with van der Waals surface area (Å²) in [6, 6.07) is 6.33. The lowest BCUT2D eigenvalue weighted by Crippen LogP contribution is -2.28. The number of aliphatic hydroxyl groups is 1. The maximum Gasteiger partial charge on any atom is 0.0741 e. The highest BCUT2D eigenvalue weighted by molar-refractivity contribution is 9.10. The third-order valence-electron chi connectivity index (χ3n) is 3.09. The highest BCUT2D eigenvalue weighted by Gasteiger charge is 2.25. The summed E-state index contributed by atoms with van der Waals surface area (Å²) in [7, 11) is 0. The van der Waals surface area contributed by atoms with Gasteiger partial charge in [-0.3, -0.25) is 0 Å². The molecule has 1 aliphatic rings. The molecule has 0 unspecified atom stereocenters. The van der Waals surface area contributed by atoms with E-state index >= 15 is 0 Å². The van der Waals surface area contributed by atoms with E-state index in [2.05, 4.69) is 34.2 Å². The molecule has 2 rings (SSSR count). The maximum absolute atomic E-state index is 9.74. The molecule has 0 heterocycles. The molecule has 0 aromatic heterocycles. The van der Waals surface area contributed by atoms with Crippen molar-refractivity contribution in [1.29, 1.82) is 0 Å². The second-order valence-electron chi connectivity index (χ2n) is 4.16. The molecule has 2 atom stereocenters. The zero-order chi connectivity index (χ0) is 10.8. The number of benzene rings is 1. The third-order valence-corrected chi connectivity index (χ3v) is 3.95. The van der Waals surface area contributed by atoms with Crippen molar-refractivity contribution in [1.82, 2.24) is 0 Å². The van der Waals surface area contributed by atoms with Crippen molar-refractivity contribution in [2.45, 2.75) is 38.3 Å². The van der Waals surface area contributed by atoms with Gasteiger partial charge in [-0.1, -0.05) is 22.0 Å². The summed E-state index contributed by atoms with van der Waals surface area (Å²) in [5, 5.41) is 13.2. The van der Waals surface area contributed by atoms with Gasteiger partial charge in [0.25, 0.3) is 0 Å². The Bertz CT molecular complexity index is 353. The van der Waals surface area contributed by atoms with E-state index < -0.39 is 0 Å². The van der Waals surface area contributed by atoms with Crippen LogP contribution in [0.15, 0.2) is 22.7 Å². The highest BCUT2D eigenvalue weighted by atomic mass is 79.9. The minimum absolute atomic E-state index is 0.191. The fourth-order valence-corrected chi connectivity index (χ4v) is 2.44. The first kappa shape index (κ1) is 11.0. The molecule has 0 aliphatic heterocycles. The number of rotatable bonds is 2. The zero-order valence-electron chi connectivity index (χ0n) is 8.83. The number of hydrogen-bond donors (Lipinski definition) is 2. The van der Waals surface area contributed by atoms with Crippen molar-refractivity contribution < 1.29 is 5.11 Å². The molecule has 0 radical (unpaired) electrons. The fourth-order valence-electron chi connectivity index (χ4n) is 2.07. The van der Waals surface area contributed by atoms with Gasteiger partial charge in [0.15, 0.2) is 0 Å². The Morgan fingerprint density at radius 2 is 2.20 bits per heavy atom. The van der Waals surface area contributed by atoms with Crippen LogP contribution in [0.25, 0.3) is 0 Å². The molecule has 0 saturated heterocycles. The first-order chi connectivity index (χ1) is 7.18. The van der Waals surface area contributed by atoms with E-state index in [9.17, 15) is 5.11 Å². The second kappa shape index (κ2) is 4.54. The van der Waals surface area contributed by atoms with Crippen LogP contribution in [-0.2, 0) is 0 Å². The van der Waals surface area contributed by atoms with Crippen molar-refractivity contribution in [2.75, 3.05) is 5.32 Å². The lowest BCUT2D eigenvalue weighted by molar-refractivity contribution is 0.172. The topological polar surface area (TPSA) is 32.3 Å². The van der Waals surface area contributed by atoms with Crippen LogP contribution < -0.4 is 5.32 Å². The molecule has 1 aliphatic carbocycles. The van der Waals surface area contributed by atoms with E-state index in [1.807, 2.05) is 12.1 Å². The molecule has 0 bridgehead atoms. The fraction of sp³-hybridized carbons (Fsp3) is 0.500. The molecule has 3 heteroatoms. The van der Waals surface area contributed by atoms with E-state index in [0.29, 0.717) is 0 Å². The van der Waals surface area contributed by atoms with Crippen molar-refractivity contribution >= 4 is 21.6 Å². The van der Waals surface area contributed by atoms with Gasteiger partial charge in [0, 0.05) is 10.2 Å². The van der Waals surface area contributed by atoms with Crippen molar-refractivity contribution in [3.63, 3.8) is 0 Å². The van der Waals surface area contributed by atoms with Gasteiger partial charge >= 0.3 is 0 Å². The molecule has 15 heavy (non-hydrogen) atoms. The molecule has 1 fully saturated rings. The number of halogens is 1. The van der Waals surface area contributed by atoms with Crippen LogP contribution in [0.2, 0.25) is 0 Å². The van der Waals surface area contributed by atoms with Crippen LogP contribution in [0.4, 0.5) is 5.69 Å². The molecule has 0 amide bonds. The van der Waals surface area contributed by atoms with Crippen LogP contribution in [-0.4, -0.2) is 17.3 Å². The number of aliphatic hydroxyl groups excluding tert-OH is 1. The van der Waals surface area contributed by atoms with Crippen LogP contribution in [0.1, 0.15) is 24.8 Å². The molecule has 82 valence electrons. The van der Waals surface area contributed by atoms with Crippen LogP contribution in [0.5, 0.6) is 0 Å². The molecule has 1 aromatic rings. The Morgan fingerprint density at radius 3 is 2.87 bits per heavy atom. The van der Waals surface area contributed by atoms with Gasteiger partial charge in [0.1, 0.15) is 0 Å². The van der Waals surface area contributed by atoms with Gasteiger partial charge in [-0.25, -0.2) is 0 Å². The van der Waals surface area contributed by atoms with Crippen LogP contribution >= 0.6 is 15.9 Å². The Morgan fingerprint density at radius 1 is 1.40 bits per heavy atom. The highest BCUT2D eigenvalue weighted by Crippen LogP contribution is 2.28. The SMILES string of the molecule is Cc1c(Br)cccc1N[C@@H]1CCC[C@H]1O. The maximum atomic E-state index is 9.74. The molecule has 1 saturated carbocycles. The summed E-state index contributed by atoms with van der Waals surface area (Å²) in [6.45, 7) is 2.08. The number of anilines is 1. The van der Waals surface area contributed by atoms with Crippen molar-refractivity contribution in [2.24, 2.45) is 0 Å². The summed E-state index contributed by atoms with van der Waals surface area (Å²) in [5.74, 6) is 0. The van der Waals surface area contributed by atoms with Crippen LogP contribution in [0, 0.1) is 6.92 Å². The smallest absolute Gasteiger partial charge is 0.0741 e. The summed E-state index contributed by atoms with van der Waals surface area (Å²) >= 11 is 3.51. The Labute approximate surface area is 98.8 Å². The lowest BCUT2D eigenvalue weighted by atomic mass is 10.1. The van der Waals surface area contributed by atoms with Gasteiger partial charge in [0.05, 0.1) is 12.1 Å². The minimum Gasteiger partial charge on any atom is -0.391 e. The van der Waals surface area contributed by atoms with Crippen molar-refractivity contribution in [3.05, 3.63) is 28.2 Å². The van der Waals surface area contributed by atoms with E-state index in [1.54, 1.807) is 0 Å². The van der Waals surface area contributed by atoms with Gasteiger partial charge in [-0.15, -0.1) is 0 Å². The largest absolute Gasteiger partial charge is 0.391 e. The Hall–Kier alpha value is -0.540. The van der Waals surface area contributed by atoms with Crippen LogP contribution in [0.3, 0.4) is 0 Å². The van der Waals surface area contributed by atoms with E-state index in [1.165, 1.54) is 5.56 Å². The number of hydrogen-bond acceptors (Lipinski definition) is 2. The lowest BCUT2D eigenvalue weighted by Gasteiger charge is -2.19. The van der Waals surface area contributed by atoms with E-state index in [0.717, 1.165) is 29.4 Å². The molecule has 1 aromatic carbocycles. The third kappa shape index (κ3) is 2.34. The molecular weight excluding hydrogens is 254 g/mol. The van der Waals surface area contributed by atoms with Gasteiger partial charge < -0.3 is 10.4 Å². The zero-order valence-corrected chi connectivity index (χ0v) is 10.4. The molecule has 2 nitrogen and oxygen atoms in total. The van der Waals surface area contributed by atoms with Crippen molar-refractivity contribution in [3.8, 4) is 0 Å². The van der Waals surface area contributed by atoms with Gasteiger partial charge in [0.2, 0.25) is 0 Å². The van der Waals surface area contributed by atoms with E-state index in [-0.39, 0.29) is 12.1 Å². The first-order valence-electron chi connectivity index (χ1n) is 5.38. The predicted octanol–water partition coefficient (Wildman–Crippen LogP) is 3.08. The minimum atomic E-state index is -0.191. The van der Waals surface area contributed by atoms with Gasteiger partial charge in [-0.05, 0) is 43.9 Å².